The minimum absolute atomic E-state index is 0.0480. The highest BCUT2D eigenvalue weighted by molar-refractivity contribution is 7.90. The van der Waals surface area contributed by atoms with Gasteiger partial charge < -0.3 is 14.0 Å². The maximum Gasteiger partial charge on any atom is 0.243 e. The van der Waals surface area contributed by atoms with Crippen LogP contribution < -0.4 is 4.74 Å². The van der Waals surface area contributed by atoms with Crippen LogP contribution in [-0.2, 0) is 43.4 Å². The minimum atomic E-state index is -3.92. The number of imidazole rings is 1. The summed E-state index contributed by atoms with van der Waals surface area (Å²) in [6.07, 6.45) is 3.28. The molecular formula is C25H30FN3O6S2. The third kappa shape index (κ3) is 6.56. The Kier molecular flexibility index (Phi) is 8.32. The number of hydrogen-bond donors (Lipinski definition) is 0. The molecule has 0 spiro atoms. The van der Waals surface area contributed by atoms with Gasteiger partial charge >= 0.3 is 0 Å². The van der Waals surface area contributed by atoms with Crippen LogP contribution in [0, 0.1) is 11.7 Å². The number of rotatable bonds is 13. The fourth-order valence-electron chi connectivity index (χ4n) is 3.97. The number of ether oxygens (including phenoxy) is 2. The zero-order chi connectivity index (χ0) is 26.6. The van der Waals surface area contributed by atoms with Crippen molar-refractivity contribution in [3.05, 3.63) is 71.8 Å². The maximum absolute atomic E-state index is 13.6. The summed E-state index contributed by atoms with van der Waals surface area (Å²) in [4.78, 5) is 4.31. The highest BCUT2D eigenvalue weighted by Crippen LogP contribution is 2.33. The van der Waals surface area contributed by atoms with Gasteiger partial charge in [-0.2, -0.15) is 4.31 Å². The first kappa shape index (κ1) is 27.2. The normalized spacial score (nSPS) is 14.3. The molecule has 0 unspecified atom stereocenters. The lowest BCUT2D eigenvalue weighted by molar-refractivity contribution is 0.182. The summed E-state index contributed by atoms with van der Waals surface area (Å²) < 4.78 is 80.2. The van der Waals surface area contributed by atoms with Gasteiger partial charge in [0.05, 0.1) is 42.8 Å². The Bertz CT molecular complexity index is 1420. The molecule has 1 saturated carbocycles. The molecule has 200 valence electrons. The molecule has 1 aliphatic carbocycles. The Morgan fingerprint density at radius 3 is 2.30 bits per heavy atom. The number of methoxy groups -OCH3 is 2. The van der Waals surface area contributed by atoms with Gasteiger partial charge in [0.25, 0.3) is 0 Å². The molecule has 0 aliphatic heterocycles. The van der Waals surface area contributed by atoms with Crippen LogP contribution in [0.25, 0.3) is 0 Å². The lowest BCUT2D eigenvalue weighted by Crippen LogP contribution is -2.33. The van der Waals surface area contributed by atoms with Crippen molar-refractivity contribution in [1.29, 1.82) is 0 Å². The summed E-state index contributed by atoms with van der Waals surface area (Å²) in [7, 11) is -4.79. The van der Waals surface area contributed by atoms with E-state index in [9.17, 15) is 21.2 Å². The number of aromatic nitrogens is 2. The fourth-order valence-corrected chi connectivity index (χ4v) is 6.97. The van der Waals surface area contributed by atoms with Gasteiger partial charge in [0.2, 0.25) is 25.0 Å². The summed E-state index contributed by atoms with van der Waals surface area (Å²) in [5.41, 5.74) is 0.856. The zero-order valence-corrected chi connectivity index (χ0v) is 22.3. The Morgan fingerprint density at radius 1 is 1.03 bits per heavy atom. The van der Waals surface area contributed by atoms with Crippen LogP contribution in [0.4, 0.5) is 4.39 Å². The number of hydrogen-bond acceptors (Lipinski definition) is 7. The summed E-state index contributed by atoms with van der Waals surface area (Å²) in [5, 5.41) is -0.183. The van der Waals surface area contributed by atoms with Gasteiger partial charge in [-0.15, -0.1) is 0 Å². The van der Waals surface area contributed by atoms with Gasteiger partial charge in [0.1, 0.15) is 11.6 Å². The second-order valence-corrected chi connectivity index (χ2v) is 12.8. The number of halogens is 1. The second kappa shape index (κ2) is 11.3. The molecule has 4 rings (SSSR count). The van der Waals surface area contributed by atoms with Gasteiger partial charge in [-0.05, 0) is 60.7 Å². The molecule has 0 bridgehead atoms. The SMILES string of the molecule is COCCn1c(CN(CC2CC2)S(=O)(=O)c2ccc(OC)cc2)cnc1S(=O)(=O)Cc1ccc(F)cc1. The molecule has 0 N–H and O–H groups in total. The summed E-state index contributed by atoms with van der Waals surface area (Å²) >= 11 is 0. The van der Waals surface area contributed by atoms with E-state index in [2.05, 4.69) is 4.98 Å². The Labute approximate surface area is 216 Å². The number of nitrogens with zero attached hydrogens (tertiary/aromatic N) is 3. The molecule has 12 heteroatoms. The Hall–Kier alpha value is -2.80. The van der Waals surface area contributed by atoms with E-state index in [1.54, 1.807) is 12.1 Å². The number of benzene rings is 2. The van der Waals surface area contributed by atoms with Crippen molar-refractivity contribution in [2.75, 3.05) is 27.4 Å². The standard InChI is InChI=1S/C25H30FN3O6S2/c1-34-14-13-29-22(15-27-25(29)36(30,31)18-20-5-7-21(26)8-6-20)17-28(16-19-3-4-19)37(32,33)24-11-9-23(35-2)10-12-24/h5-12,15,19H,3-4,13-14,16-18H2,1-2H3. The molecule has 3 aromatic rings. The molecule has 37 heavy (non-hydrogen) atoms. The van der Waals surface area contributed by atoms with Crippen molar-refractivity contribution >= 4 is 19.9 Å². The first-order valence-electron chi connectivity index (χ1n) is 11.8. The van der Waals surface area contributed by atoms with Crippen LogP contribution in [0.5, 0.6) is 5.75 Å². The van der Waals surface area contributed by atoms with E-state index in [1.165, 1.54) is 65.7 Å². The first-order chi connectivity index (χ1) is 17.6. The van der Waals surface area contributed by atoms with Crippen molar-refractivity contribution in [3.8, 4) is 5.75 Å². The topological polar surface area (TPSA) is 108 Å². The molecule has 0 radical (unpaired) electrons. The van der Waals surface area contributed by atoms with Crippen LogP contribution in [-0.4, -0.2) is 58.1 Å². The predicted molar refractivity (Wildman–Crippen MR) is 135 cm³/mol. The molecule has 0 saturated heterocycles. The molecule has 2 aromatic carbocycles. The molecule has 9 nitrogen and oxygen atoms in total. The molecule has 1 fully saturated rings. The quantitative estimate of drug-likeness (QED) is 0.321. The Balaban J connectivity index is 1.66. The van der Waals surface area contributed by atoms with Crippen molar-refractivity contribution in [2.45, 2.75) is 41.7 Å². The smallest absolute Gasteiger partial charge is 0.243 e. The van der Waals surface area contributed by atoms with Gasteiger partial charge in [-0.1, -0.05) is 12.1 Å². The Morgan fingerprint density at radius 2 is 1.70 bits per heavy atom. The van der Waals surface area contributed by atoms with Crippen molar-refractivity contribution in [3.63, 3.8) is 0 Å². The van der Waals surface area contributed by atoms with Crippen LogP contribution in [0.2, 0.25) is 0 Å². The largest absolute Gasteiger partial charge is 0.497 e. The number of sulfonamides is 1. The van der Waals surface area contributed by atoms with Crippen LogP contribution in [0.3, 0.4) is 0 Å². The third-order valence-electron chi connectivity index (χ3n) is 6.16. The average Bonchev–Trinajstić information content (AvgIpc) is 3.61. The molecule has 1 aromatic heterocycles. The highest BCUT2D eigenvalue weighted by atomic mass is 32.2. The van der Waals surface area contributed by atoms with E-state index in [1.807, 2.05) is 0 Å². The van der Waals surface area contributed by atoms with Gasteiger partial charge in [-0.3, -0.25) is 0 Å². The van der Waals surface area contributed by atoms with E-state index < -0.39 is 25.7 Å². The van der Waals surface area contributed by atoms with E-state index in [4.69, 9.17) is 9.47 Å². The van der Waals surface area contributed by atoms with Gasteiger partial charge in [0, 0.05) is 20.2 Å². The van der Waals surface area contributed by atoms with Crippen LogP contribution in [0.15, 0.2) is 64.8 Å². The third-order valence-corrected chi connectivity index (χ3v) is 9.58. The highest BCUT2D eigenvalue weighted by Gasteiger charge is 2.33. The van der Waals surface area contributed by atoms with Crippen molar-refractivity contribution in [1.82, 2.24) is 13.9 Å². The summed E-state index contributed by atoms with van der Waals surface area (Å²) in [5.74, 6) is -0.0302. The summed E-state index contributed by atoms with van der Waals surface area (Å²) in [6, 6.07) is 11.4. The van der Waals surface area contributed by atoms with E-state index in [0.717, 1.165) is 12.8 Å². The van der Waals surface area contributed by atoms with Crippen LogP contribution in [0.1, 0.15) is 24.1 Å². The molecule has 1 aliphatic rings. The maximum atomic E-state index is 13.6. The molecule has 0 atom stereocenters. The van der Waals surface area contributed by atoms with E-state index in [-0.39, 0.29) is 41.4 Å². The molecule has 1 heterocycles. The lowest BCUT2D eigenvalue weighted by atomic mass is 10.2. The van der Waals surface area contributed by atoms with E-state index in [0.29, 0.717) is 23.6 Å². The van der Waals surface area contributed by atoms with Crippen LogP contribution >= 0.6 is 0 Å². The zero-order valence-electron chi connectivity index (χ0n) is 20.7. The minimum Gasteiger partial charge on any atom is -0.497 e. The molecular weight excluding hydrogens is 521 g/mol. The number of sulfone groups is 1. The van der Waals surface area contributed by atoms with Gasteiger partial charge in [0.15, 0.2) is 0 Å². The predicted octanol–water partition coefficient (Wildman–Crippen LogP) is 3.25. The second-order valence-electron chi connectivity index (χ2n) is 8.98. The van der Waals surface area contributed by atoms with Crippen molar-refractivity contribution in [2.24, 2.45) is 5.92 Å². The van der Waals surface area contributed by atoms with Crippen molar-refractivity contribution < 1.29 is 30.7 Å². The van der Waals surface area contributed by atoms with E-state index >= 15 is 0 Å². The fraction of sp³-hybridized carbons (Fsp3) is 0.400. The summed E-state index contributed by atoms with van der Waals surface area (Å²) in [6.45, 7) is 0.648. The average molecular weight is 552 g/mol. The lowest BCUT2D eigenvalue weighted by Gasteiger charge is -2.23. The van der Waals surface area contributed by atoms with Gasteiger partial charge in [-0.25, -0.2) is 26.2 Å². The first-order valence-corrected chi connectivity index (χ1v) is 14.9. The monoisotopic (exact) mass is 551 g/mol. The molecule has 0 amide bonds.